The Kier molecular flexibility index (Phi) is 5.56. The Hall–Kier alpha value is -2.70. The van der Waals surface area contributed by atoms with Crippen LogP contribution in [0.3, 0.4) is 0 Å². The van der Waals surface area contributed by atoms with Gasteiger partial charge in [0.15, 0.2) is 0 Å². The smallest absolute Gasteiger partial charge is 0.419 e. The molecule has 0 bridgehead atoms. The summed E-state index contributed by atoms with van der Waals surface area (Å²) in [5.41, 5.74) is 1.34. The van der Waals surface area contributed by atoms with Crippen LogP contribution < -0.4 is 10.1 Å². The second-order valence-electron chi connectivity index (χ2n) is 5.49. The Morgan fingerprint density at radius 1 is 1.12 bits per heavy atom. The van der Waals surface area contributed by atoms with Crippen molar-refractivity contribution < 1.29 is 27.4 Å². The zero-order valence-corrected chi connectivity index (χ0v) is 14.0. The van der Waals surface area contributed by atoms with Gasteiger partial charge in [0.2, 0.25) is 0 Å². The summed E-state index contributed by atoms with van der Waals surface area (Å²) in [6.07, 6.45) is -5.19. The van der Waals surface area contributed by atoms with Crippen molar-refractivity contribution in [1.29, 1.82) is 0 Å². The van der Waals surface area contributed by atoms with Crippen molar-refractivity contribution in [2.45, 2.75) is 26.6 Å². The number of alkyl halides is 3. The number of halogens is 3. The van der Waals surface area contributed by atoms with E-state index in [9.17, 15) is 18.0 Å². The number of hydrogen-bond acceptors (Lipinski definition) is 3. The molecule has 4 nitrogen and oxygen atoms in total. The van der Waals surface area contributed by atoms with E-state index in [4.69, 9.17) is 4.74 Å². The predicted molar refractivity (Wildman–Crippen MR) is 87.7 cm³/mol. The van der Waals surface area contributed by atoms with Gasteiger partial charge >= 0.3 is 12.3 Å². The summed E-state index contributed by atoms with van der Waals surface area (Å²) in [6.45, 7) is 3.20. The molecule has 1 amide bonds. The van der Waals surface area contributed by atoms with Crippen LogP contribution in [0.5, 0.6) is 5.75 Å². The highest BCUT2D eigenvalue weighted by atomic mass is 19.4. The number of hydrogen-bond donors (Lipinski definition) is 1. The molecule has 2 aromatic rings. The number of aryl methyl sites for hydroxylation is 2. The Balaban J connectivity index is 2.28. The Morgan fingerprint density at radius 3 is 2.40 bits per heavy atom. The molecular formula is C18H18F3NO3. The predicted octanol–water partition coefficient (Wildman–Crippen LogP) is 5.08. The standard InChI is InChI=1S/C18H18F3NO3/c1-11-8-14(18(19,20)21)16(9-12(11)2)25-10-13-6-4-5-7-15(13)22-17(23)24-3/h4-9H,10H2,1-3H3,(H,22,23). The first-order valence-corrected chi connectivity index (χ1v) is 7.46. The van der Waals surface area contributed by atoms with Crippen LogP contribution in [0.15, 0.2) is 36.4 Å². The quantitative estimate of drug-likeness (QED) is 0.834. The van der Waals surface area contributed by atoms with E-state index in [1.54, 1.807) is 38.1 Å². The van der Waals surface area contributed by atoms with Gasteiger partial charge in [-0.25, -0.2) is 4.79 Å². The molecule has 0 atom stereocenters. The van der Waals surface area contributed by atoms with Crippen LogP contribution in [-0.2, 0) is 17.5 Å². The van der Waals surface area contributed by atoms with E-state index in [-0.39, 0.29) is 12.4 Å². The van der Waals surface area contributed by atoms with E-state index in [1.165, 1.54) is 13.2 Å². The van der Waals surface area contributed by atoms with E-state index in [0.717, 1.165) is 6.07 Å². The zero-order valence-electron chi connectivity index (χ0n) is 14.0. The molecule has 0 unspecified atom stereocenters. The third-order valence-electron chi connectivity index (χ3n) is 3.72. The van der Waals surface area contributed by atoms with Crippen molar-refractivity contribution in [3.05, 3.63) is 58.7 Å². The first-order chi connectivity index (χ1) is 11.7. The third kappa shape index (κ3) is 4.65. The Bertz CT molecular complexity index is 773. The van der Waals surface area contributed by atoms with Gasteiger partial charge in [0.05, 0.1) is 18.4 Å². The number of benzene rings is 2. The number of rotatable bonds is 4. The minimum Gasteiger partial charge on any atom is -0.488 e. The molecule has 2 rings (SSSR count). The number of para-hydroxylation sites is 1. The maximum absolute atomic E-state index is 13.2. The lowest BCUT2D eigenvalue weighted by atomic mass is 10.0. The summed E-state index contributed by atoms with van der Waals surface area (Å²) in [6, 6.07) is 9.09. The maximum atomic E-state index is 13.2. The number of methoxy groups -OCH3 is 1. The van der Waals surface area contributed by atoms with Gasteiger partial charge in [-0.1, -0.05) is 18.2 Å². The zero-order chi connectivity index (χ0) is 18.6. The number of amides is 1. The lowest BCUT2D eigenvalue weighted by Crippen LogP contribution is -2.14. The van der Waals surface area contributed by atoms with Crippen molar-refractivity contribution >= 4 is 11.8 Å². The monoisotopic (exact) mass is 353 g/mol. The second-order valence-corrected chi connectivity index (χ2v) is 5.49. The fourth-order valence-electron chi connectivity index (χ4n) is 2.22. The van der Waals surface area contributed by atoms with Crippen molar-refractivity contribution in [2.75, 3.05) is 12.4 Å². The molecule has 0 aromatic heterocycles. The first-order valence-electron chi connectivity index (χ1n) is 7.46. The molecule has 0 aliphatic heterocycles. The summed E-state index contributed by atoms with van der Waals surface area (Å²) in [7, 11) is 1.22. The maximum Gasteiger partial charge on any atom is 0.419 e. The lowest BCUT2D eigenvalue weighted by Gasteiger charge is -2.17. The molecule has 0 saturated carbocycles. The fourth-order valence-corrected chi connectivity index (χ4v) is 2.22. The molecule has 0 heterocycles. The topological polar surface area (TPSA) is 47.6 Å². The molecular weight excluding hydrogens is 335 g/mol. The van der Waals surface area contributed by atoms with Crippen LogP contribution in [0, 0.1) is 13.8 Å². The van der Waals surface area contributed by atoms with Crippen LogP contribution in [0.2, 0.25) is 0 Å². The van der Waals surface area contributed by atoms with Crippen molar-refractivity contribution in [1.82, 2.24) is 0 Å². The molecule has 7 heteroatoms. The summed E-state index contributed by atoms with van der Waals surface area (Å²) < 4.78 is 49.6. The molecule has 0 saturated heterocycles. The van der Waals surface area contributed by atoms with E-state index < -0.39 is 17.8 Å². The van der Waals surface area contributed by atoms with Crippen LogP contribution in [-0.4, -0.2) is 13.2 Å². The third-order valence-corrected chi connectivity index (χ3v) is 3.72. The van der Waals surface area contributed by atoms with E-state index in [2.05, 4.69) is 10.1 Å². The molecule has 0 radical (unpaired) electrons. The van der Waals surface area contributed by atoms with Gasteiger partial charge in [-0.05, 0) is 43.2 Å². The van der Waals surface area contributed by atoms with Crippen molar-refractivity contribution in [3.8, 4) is 5.75 Å². The van der Waals surface area contributed by atoms with E-state index in [0.29, 0.717) is 22.4 Å². The highest BCUT2D eigenvalue weighted by Gasteiger charge is 2.35. The summed E-state index contributed by atoms with van der Waals surface area (Å²) in [5, 5.41) is 2.50. The number of anilines is 1. The molecule has 0 aliphatic rings. The molecule has 2 aromatic carbocycles. The highest BCUT2D eigenvalue weighted by Crippen LogP contribution is 2.38. The average Bonchev–Trinajstić information content (AvgIpc) is 2.55. The Morgan fingerprint density at radius 2 is 1.76 bits per heavy atom. The minimum atomic E-state index is -4.52. The van der Waals surface area contributed by atoms with Gasteiger partial charge in [0, 0.05) is 5.56 Å². The van der Waals surface area contributed by atoms with Crippen molar-refractivity contribution in [3.63, 3.8) is 0 Å². The molecule has 0 fully saturated rings. The molecule has 25 heavy (non-hydrogen) atoms. The largest absolute Gasteiger partial charge is 0.488 e. The van der Waals surface area contributed by atoms with Crippen LogP contribution >= 0.6 is 0 Å². The van der Waals surface area contributed by atoms with Gasteiger partial charge in [0.1, 0.15) is 12.4 Å². The first kappa shape index (κ1) is 18.6. The lowest BCUT2D eigenvalue weighted by molar-refractivity contribution is -0.139. The van der Waals surface area contributed by atoms with Gasteiger partial charge in [0.25, 0.3) is 0 Å². The molecule has 0 aliphatic carbocycles. The summed E-state index contributed by atoms with van der Waals surface area (Å²) >= 11 is 0. The second kappa shape index (κ2) is 7.46. The SMILES string of the molecule is COC(=O)Nc1ccccc1COc1cc(C)c(C)cc1C(F)(F)F. The highest BCUT2D eigenvalue weighted by molar-refractivity contribution is 5.85. The number of carbonyl (C=O) groups excluding carboxylic acids is 1. The van der Waals surface area contributed by atoms with Gasteiger partial charge in [-0.2, -0.15) is 13.2 Å². The van der Waals surface area contributed by atoms with Gasteiger partial charge in [-0.15, -0.1) is 0 Å². The van der Waals surface area contributed by atoms with Gasteiger partial charge < -0.3 is 9.47 Å². The van der Waals surface area contributed by atoms with E-state index >= 15 is 0 Å². The Labute approximate surface area is 143 Å². The summed E-state index contributed by atoms with van der Waals surface area (Å²) in [5.74, 6) is -0.247. The normalized spacial score (nSPS) is 11.1. The molecule has 134 valence electrons. The average molecular weight is 353 g/mol. The van der Waals surface area contributed by atoms with Crippen molar-refractivity contribution in [2.24, 2.45) is 0 Å². The van der Waals surface area contributed by atoms with Crippen LogP contribution in [0.1, 0.15) is 22.3 Å². The summed E-state index contributed by atoms with van der Waals surface area (Å²) in [4.78, 5) is 11.4. The number of ether oxygens (including phenoxy) is 2. The molecule has 1 N–H and O–H groups in total. The number of nitrogens with one attached hydrogen (secondary N) is 1. The van der Waals surface area contributed by atoms with Crippen LogP contribution in [0.25, 0.3) is 0 Å². The minimum absolute atomic E-state index is 0.133. The number of carbonyl (C=O) groups is 1. The fraction of sp³-hybridized carbons (Fsp3) is 0.278. The van der Waals surface area contributed by atoms with Gasteiger partial charge in [-0.3, -0.25) is 5.32 Å². The van der Waals surface area contributed by atoms with Crippen LogP contribution in [0.4, 0.5) is 23.7 Å². The molecule has 0 spiro atoms. The van der Waals surface area contributed by atoms with E-state index in [1.807, 2.05) is 0 Å².